The van der Waals surface area contributed by atoms with Gasteiger partial charge in [-0.25, -0.2) is 0 Å². The zero-order chi connectivity index (χ0) is 9.26. The minimum atomic E-state index is -0.394. The number of hydrogen-bond acceptors (Lipinski definition) is 3. The zero-order valence-corrected chi connectivity index (χ0v) is 7.06. The minimum Gasteiger partial charge on any atom is -0.426 e. The molecule has 0 saturated carbocycles. The minimum absolute atomic E-state index is 0.146. The Labute approximate surface area is 76.0 Å². The van der Waals surface area contributed by atoms with Crippen LogP contribution in [-0.4, -0.2) is 17.7 Å². The van der Waals surface area contributed by atoms with Crippen molar-refractivity contribution in [2.24, 2.45) is 5.92 Å². The molecule has 0 unspecified atom stereocenters. The highest BCUT2D eigenvalue weighted by atomic mass is 16.5. The van der Waals surface area contributed by atoms with Gasteiger partial charge in [-0.1, -0.05) is 18.2 Å². The van der Waals surface area contributed by atoms with E-state index in [1.807, 2.05) is 18.2 Å². The van der Waals surface area contributed by atoms with Gasteiger partial charge >= 0.3 is 5.97 Å². The fourth-order valence-electron chi connectivity index (χ4n) is 1.45. The summed E-state index contributed by atoms with van der Waals surface area (Å²) in [4.78, 5) is 11.2. The average molecular weight is 178 g/mol. The van der Waals surface area contributed by atoms with Crippen LogP contribution in [0.5, 0.6) is 5.75 Å². The van der Waals surface area contributed by atoms with Crippen LogP contribution < -0.4 is 4.74 Å². The second-order valence-corrected chi connectivity index (χ2v) is 3.11. The van der Waals surface area contributed by atoms with Crippen molar-refractivity contribution in [2.45, 2.75) is 6.42 Å². The van der Waals surface area contributed by atoms with Crippen LogP contribution >= 0.6 is 0 Å². The third-order valence-electron chi connectivity index (χ3n) is 2.20. The summed E-state index contributed by atoms with van der Waals surface area (Å²) < 4.78 is 5.04. The molecule has 0 aliphatic carbocycles. The molecule has 0 saturated heterocycles. The highest BCUT2D eigenvalue weighted by molar-refractivity contribution is 5.78. The number of carbonyl (C=O) groups is 1. The second-order valence-electron chi connectivity index (χ2n) is 3.11. The summed E-state index contributed by atoms with van der Waals surface area (Å²) in [5.41, 5.74) is 0.987. The molecule has 0 fully saturated rings. The summed E-state index contributed by atoms with van der Waals surface area (Å²) in [6.07, 6.45) is 0.575. The Bertz CT molecular complexity index is 333. The SMILES string of the molecule is O=C1Oc2ccccc2C[C@@H]1CO. The van der Waals surface area contributed by atoms with Gasteiger partial charge < -0.3 is 9.84 Å². The van der Waals surface area contributed by atoms with Crippen molar-refractivity contribution in [3.8, 4) is 5.75 Å². The zero-order valence-electron chi connectivity index (χ0n) is 7.06. The molecule has 0 amide bonds. The average Bonchev–Trinajstić information content (AvgIpc) is 2.17. The molecule has 1 atom stereocenters. The maximum absolute atomic E-state index is 11.2. The molecular formula is C10H10O3. The van der Waals surface area contributed by atoms with E-state index in [0.29, 0.717) is 12.2 Å². The summed E-state index contributed by atoms with van der Waals surface area (Å²) in [5.74, 6) is -0.103. The van der Waals surface area contributed by atoms with Crippen LogP contribution in [-0.2, 0) is 11.2 Å². The summed E-state index contributed by atoms with van der Waals surface area (Å²) in [5, 5.41) is 8.89. The molecule has 0 bridgehead atoms. The number of aliphatic hydroxyl groups is 1. The molecule has 0 aromatic heterocycles. The fraction of sp³-hybridized carbons (Fsp3) is 0.300. The molecule has 3 nitrogen and oxygen atoms in total. The largest absolute Gasteiger partial charge is 0.426 e. The van der Waals surface area contributed by atoms with E-state index < -0.39 is 5.92 Å². The van der Waals surface area contributed by atoms with Crippen molar-refractivity contribution in [1.29, 1.82) is 0 Å². The topological polar surface area (TPSA) is 46.5 Å². The number of esters is 1. The molecule has 1 aliphatic rings. The third kappa shape index (κ3) is 1.42. The van der Waals surface area contributed by atoms with Crippen LogP contribution in [0.25, 0.3) is 0 Å². The molecule has 0 radical (unpaired) electrons. The molecule has 1 N–H and O–H groups in total. The van der Waals surface area contributed by atoms with E-state index in [2.05, 4.69) is 0 Å². The first-order valence-electron chi connectivity index (χ1n) is 4.21. The van der Waals surface area contributed by atoms with Gasteiger partial charge in [0.25, 0.3) is 0 Å². The van der Waals surface area contributed by atoms with Gasteiger partial charge in [-0.05, 0) is 18.1 Å². The lowest BCUT2D eigenvalue weighted by atomic mass is 9.97. The Morgan fingerprint density at radius 3 is 3.00 bits per heavy atom. The van der Waals surface area contributed by atoms with Crippen molar-refractivity contribution in [2.75, 3.05) is 6.61 Å². The van der Waals surface area contributed by atoms with Gasteiger partial charge in [-0.3, -0.25) is 4.79 Å². The number of benzene rings is 1. The van der Waals surface area contributed by atoms with Gasteiger partial charge in [0.2, 0.25) is 0 Å². The number of para-hydroxylation sites is 1. The molecular weight excluding hydrogens is 168 g/mol. The van der Waals surface area contributed by atoms with Crippen molar-refractivity contribution in [3.05, 3.63) is 29.8 Å². The van der Waals surface area contributed by atoms with Gasteiger partial charge in [0.15, 0.2) is 0 Å². The van der Waals surface area contributed by atoms with E-state index in [0.717, 1.165) is 5.56 Å². The predicted octanol–water partition coefficient (Wildman–Crippen LogP) is 0.757. The van der Waals surface area contributed by atoms with Crippen LogP contribution in [0.2, 0.25) is 0 Å². The molecule has 13 heavy (non-hydrogen) atoms. The molecule has 1 heterocycles. The van der Waals surface area contributed by atoms with E-state index in [-0.39, 0.29) is 12.6 Å². The van der Waals surface area contributed by atoms with Crippen molar-refractivity contribution < 1.29 is 14.6 Å². The van der Waals surface area contributed by atoms with E-state index >= 15 is 0 Å². The lowest BCUT2D eigenvalue weighted by Gasteiger charge is -2.21. The predicted molar refractivity (Wildman–Crippen MR) is 46.4 cm³/mol. The number of fused-ring (bicyclic) bond motifs is 1. The van der Waals surface area contributed by atoms with Crippen LogP contribution in [0.4, 0.5) is 0 Å². The van der Waals surface area contributed by atoms with Gasteiger partial charge in [0, 0.05) is 0 Å². The Hall–Kier alpha value is -1.35. The summed E-state index contributed by atoms with van der Waals surface area (Å²) in [6, 6.07) is 7.39. The first-order valence-corrected chi connectivity index (χ1v) is 4.21. The van der Waals surface area contributed by atoms with Crippen LogP contribution in [0.15, 0.2) is 24.3 Å². The Balaban J connectivity index is 2.33. The highest BCUT2D eigenvalue weighted by Crippen LogP contribution is 2.27. The number of rotatable bonds is 1. The molecule has 68 valence electrons. The smallest absolute Gasteiger partial charge is 0.317 e. The fourth-order valence-corrected chi connectivity index (χ4v) is 1.45. The number of aliphatic hydroxyl groups excluding tert-OH is 1. The normalized spacial score (nSPS) is 20.7. The van der Waals surface area contributed by atoms with Gasteiger partial charge in [0.1, 0.15) is 5.75 Å². The quantitative estimate of drug-likeness (QED) is 0.510. The lowest BCUT2D eigenvalue weighted by molar-refractivity contribution is -0.141. The number of ether oxygens (including phenoxy) is 1. The van der Waals surface area contributed by atoms with Crippen LogP contribution in [0.1, 0.15) is 5.56 Å². The highest BCUT2D eigenvalue weighted by Gasteiger charge is 2.26. The summed E-state index contributed by atoms with van der Waals surface area (Å²) >= 11 is 0. The first kappa shape index (κ1) is 8.26. The first-order chi connectivity index (χ1) is 6.31. The van der Waals surface area contributed by atoms with E-state index in [4.69, 9.17) is 9.84 Å². The van der Waals surface area contributed by atoms with E-state index in [1.54, 1.807) is 6.07 Å². The van der Waals surface area contributed by atoms with Crippen molar-refractivity contribution >= 4 is 5.97 Å². The van der Waals surface area contributed by atoms with E-state index in [9.17, 15) is 4.79 Å². The number of carbonyl (C=O) groups excluding carboxylic acids is 1. The lowest BCUT2D eigenvalue weighted by Crippen LogP contribution is -2.30. The van der Waals surface area contributed by atoms with Gasteiger partial charge in [0.05, 0.1) is 12.5 Å². The molecule has 0 spiro atoms. The van der Waals surface area contributed by atoms with Gasteiger partial charge in [-0.2, -0.15) is 0 Å². The monoisotopic (exact) mass is 178 g/mol. The third-order valence-corrected chi connectivity index (χ3v) is 2.20. The number of hydrogen-bond donors (Lipinski definition) is 1. The molecule has 1 aliphatic heterocycles. The Morgan fingerprint density at radius 2 is 2.23 bits per heavy atom. The van der Waals surface area contributed by atoms with Crippen molar-refractivity contribution in [1.82, 2.24) is 0 Å². The van der Waals surface area contributed by atoms with Crippen LogP contribution in [0.3, 0.4) is 0 Å². The maximum atomic E-state index is 11.2. The molecule has 3 heteroatoms. The van der Waals surface area contributed by atoms with E-state index in [1.165, 1.54) is 0 Å². The Kier molecular flexibility index (Phi) is 2.02. The second kappa shape index (κ2) is 3.18. The summed E-state index contributed by atoms with van der Waals surface area (Å²) in [6.45, 7) is -0.146. The standard InChI is InChI=1S/C10H10O3/c11-6-8-5-7-3-1-2-4-9(7)13-10(8)12/h1-4,8,11H,5-6H2/t8-/m1/s1. The van der Waals surface area contributed by atoms with Gasteiger partial charge in [-0.15, -0.1) is 0 Å². The molecule has 2 rings (SSSR count). The molecule has 1 aromatic rings. The Morgan fingerprint density at radius 1 is 1.46 bits per heavy atom. The van der Waals surface area contributed by atoms with Crippen molar-refractivity contribution in [3.63, 3.8) is 0 Å². The summed E-state index contributed by atoms with van der Waals surface area (Å²) in [7, 11) is 0. The maximum Gasteiger partial charge on any atom is 0.317 e. The van der Waals surface area contributed by atoms with Crippen LogP contribution in [0, 0.1) is 5.92 Å². The molecule has 1 aromatic carbocycles.